The number of hydrogen-bond donors (Lipinski definition) is 2. The third-order valence-corrected chi connectivity index (χ3v) is 5.09. The van der Waals surface area contributed by atoms with Gasteiger partial charge in [0.1, 0.15) is 0 Å². The van der Waals surface area contributed by atoms with Crippen molar-refractivity contribution in [2.75, 3.05) is 0 Å². The van der Waals surface area contributed by atoms with Crippen molar-refractivity contribution in [1.29, 1.82) is 0 Å². The average Bonchev–Trinajstić information content (AvgIpc) is 2.26. The second kappa shape index (κ2) is 5.05. The molecule has 0 aromatic heterocycles. The van der Waals surface area contributed by atoms with Crippen LogP contribution < -0.4 is 0 Å². The van der Waals surface area contributed by atoms with Gasteiger partial charge in [-0.1, -0.05) is 20.3 Å². The normalized spacial score (nSPS) is 50.2. The lowest BCUT2D eigenvalue weighted by Gasteiger charge is -2.42. The number of rotatable bonds is 1. The van der Waals surface area contributed by atoms with E-state index < -0.39 is 0 Å². The fourth-order valence-electron chi connectivity index (χ4n) is 3.85. The molecule has 0 heterocycles. The summed E-state index contributed by atoms with van der Waals surface area (Å²) in [6.45, 7) is 4.38. The zero-order valence-electron chi connectivity index (χ0n) is 10.6. The van der Waals surface area contributed by atoms with Gasteiger partial charge in [-0.05, 0) is 55.8 Å². The molecule has 6 atom stereocenters. The van der Waals surface area contributed by atoms with Crippen LogP contribution in [0.25, 0.3) is 0 Å². The van der Waals surface area contributed by atoms with Gasteiger partial charge in [0.05, 0.1) is 12.2 Å². The maximum atomic E-state index is 9.95. The molecule has 0 amide bonds. The summed E-state index contributed by atoms with van der Waals surface area (Å²) in [5.74, 6) is 2.34. The predicted octanol–water partition coefficient (Wildman–Crippen LogP) is 2.58. The van der Waals surface area contributed by atoms with Crippen LogP contribution in [0.4, 0.5) is 0 Å². The maximum Gasteiger partial charge on any atom is 0.0568 e. The molecule has 2 saturated carbocycles. The first kappa shape index (κ1) is 12.4. The lowest BCUT2D eigenvalue weighted by Crippen LogP contribution is -2.38. The molecule has 0 bridgehead atoms. The molecule has 2 aliphatic carbocycles. The van der Waals surface area contributed by atoms with Crippen molar-refractivity contribution in [1.82, 2.24) is 0 Å². The summed E-state index contributed by atoms with van der Waals surface area (Å²) >= 11 is 0. The molecule has 0 spiro atoms. The van der Waals surface area contributed by atoms with Crippen LogP contribution in [0.3, 0.4) is 0 Å². The third kappa shape index (κ3) is 2.43. The highest BCUT2D eigenvalue weighted by Crippen LogP contribution is 2.42. The summed E-state index contributed by atoms with van der Waals surface area (Å²) in [5, 5.41) is 19.7. The van der Waals surface area contributed by atoms with Gasteiger partial charge < -0.3 is 10.2 Å². The monoisotopic (exact) mass is 226 g/mol. The number of aliphatic hydroxyl groups is 2. The maximum absolute atomic E-state index is 9.95. The minimum Gasteiger partial charge on any atom is -0.393 e. The molecular weight excluding hydrogens is 200 g/mol. The van der Waals surface area contributed by atoms with Crippen LogP contribution >= 0.6 is 0 Å². The number of aliphatic hydroxyl groups excluding tert-OH is 2. The Morgan fingerprint density at radius 2 is 1.62 bits per heavy atom. The highest BCUT2D eigenvalue weighted by Gasteiger charge is 2.37. The molecule has 0 aromatic carbocycles. The Hall–Kier alpha value is -0.0800. The predicted molar refractivity (Wildman–Crippen MR) is 65.0 cm³/mol. The van der Waals surface area contributed by atoms with Crippen molar-refractivity contribution in [2.24, 2.45) is 23.7 Å². The van der Waals surface area contributed by atoms with Crippen LogP contribution in [0.15, 0.2) is 0 Å². The first-order valence-electron chi connectivity index (χ1n) is 6.95. The lowest BCUT2D eigenvalue weighted by atomic mass is 9.65. The fourth-order valence-corrected chi connectivity index (χ4v) is 3.85. The van der Waals surface area contributed by atoms with E-state index in [-0.39, 0.29) is 12.2 Å². The Labute approximate surface area is 99.1 Å². The SMILES string of the molecule is CC1CC(C2CCCC(O)C2C)CCC1O. The largest absolute Gasteiger partial charge is 0.393 e. The van der Waals surface area contributed by atoms with Crippen molar-refractivity contribution in [2.45, 2.75) is 64.6 Å². The average molecular weight is 226 g/mol. The summed E-state index contributed by atoms with van der Waals surface area (Å²) in [7, 11) is 0. The van der Waals surface area contributed by atoms with Crippen molar-refractivity contribution >= 4 is 0 Å². The molecular formula is C14H26O2. The van der Waals surface area contributed by atoms with Crippen molar-refractivity contribution in [3.05, 3.63) is 0 Å². The molecule has 6 unspecified atom stereocenters. The summed E-state index contributed by atoms with van der Waals surface area (Å²) < 4.78 is 0. The van der Waals surface area contributed by atoms with E-state index >= 15 is 0 Å². The topological polar surface area (TPSA) is 40.5 Å². The molecule has 2 N–H and O–H groups in total. The molecule has 2 nitrogen and oxygen atoms in total. The van der Waals surface area contributed by atoms with Gasteiger partial charge in [-0.15, -0.1) is 0 Å². The number of hydrogen-bond acceptors (Lipinski definition) is 2. The van der Waals surface area contributed by atoms with Crippen LogP contribution in [0.1, 0.15) is 52.4 Å². The molecule has 2 rings (SSSR count). The Morgan fingerprint density at radius 3 is 2.31 bits per heavy atom. The van der Waals surface area contributed by atoms with Crippen LogP contribution in [0.5, 0.6) is 0 Å². The minimum atomic E-state index is -0.0833. The first-order valence-corrected chi connectivity index (χ1v) is 6.95. The van der Waals surface area contributed by atoms with Gasteiger partial charge in [0.25, 0.3) is 0 Å². The van der Waals surface area contributed by atoms with E-state index in [0.29, 0.717) is 17.8 Å². The van der Waals surface area contributed by atoms with Gasteiger partial charge in [0, 0.05) is 0 Å². The summed E-state index contributed by atoms with van der Waals surface area (Å²) in [6.07, 6.45) is 6.57. The highest BCUT2D eigenvalue weighted by atomic mass is 16.3. The van der Waals surface area contributed by atoms with Gasteiger partial charge in [-0.2, -0.15) is 0 Å². The Kier molecular flexibility index (Phi) is 3.91. The molecule has 2 heteroatoms. The Morgan fingerprint density at radius 1 is 0.875 bits per heavy atom. The van der Waals surface area contributed by atoms with Crippen molar-refractivity contribution in [3.8, 4) is 0 Å². The van der Waals surface area contributed by atoms with E-state index in [4.69, 9.17) is 0 Å². The second-order valence-corrected chi connectivity index (χ2v) is 6.14. The molecule has 0 radical (unpaired) electrons. The van der Waals surface area contributed by atoms with Crippen molar-refractivity contribution < 1.29 is 10.2 Å². The Bertz CT molecular complexity index is 229. The van der Waals surface area contributed by atoms with Gasteiger partial charge in [-0.3, -0.25) is 0 Å². The van der Waals surface area contributed by atoms with E-state index in [1.807, 2.05) is 0 Å². The molecule has 2 fully saturated rings. The van der Waals surface area contributed by atoms with Crippen molar-refractivity contribution in [3.63, 3.8) is 0 Å². The highest BCUT2D eigenvalue weighted by molar-refractivity contribution is 4.87. The summed E-state index contributed by atoms with van der Waals surface area (Å²) in [5.41, 5.74) is 0. The fraction of sp³-hybridized carbons (Fsp3) is 1.00. The van der Waals surface area contributed by atoms with Crippen LogP contribution in [0.2, 0.25) is 0 Å². The van der Waals surface area contributed by atoms with E-state index in [2.05, 4.69) is 13.8 Å². The smallest absolute Gasteiger partial charge is 0.0568 e. The third-order valence-electron chi connectivity index (χ3n) is 5.09. The second-order valence-electron chi connectivity index (χ2n) is 6.14. The molecule has 94 valence electrons. The molecule has 2 aliphatic rings. The van der Waals surface area contributed by atoms with E-state index in [0.717, 1.165) is 31.6 Å². The minimum absolute atomic E-state index is 0.0825. The van der Waals surface area contributed by atoms with Gasteiger partial charge in [0.15, 0.2) is 0 Å². The van der Waals surface area contributed by atoms with E-state index in [1.54, 1.807) is 0 Å². The molecule has 0 aliphatic heterocycles. The van der Waals surface area contributed by atoms with E-state index in [1.165, 1.54) is 12.8 Å². The quantitative estimate of drug-likeness (QED) is 0.721. The Balaban J connectivity index is 1.96. The van der Waals surface area contributed by atoms with Gasteiger partial charge in [0.2, 0.25) is 0 Å². The first-order chi connectivity index (χ1) is 7.59. The van der Waals surface area contributed by atoms with E-state index in [9.17, 15) is 10.2 Å². The standard InChI is InChI=1S/C14H26O2/c1-9-8-11(6-7-13(9)15)12-4-3-5-14(16)10(12)2/h9-16H,3-8H2,1-2H3. The van der Waals surface area contributed by atoms with Crippen LogP contribution in [0, 0.1) is 23.7 Å². The molecule has 0 aromatic rings. The van der Waals surface area contributed by atoms with Gasteiger partial charge in [-0.25, -0.2) is 0 Å². The molecule has 16 heavy (non-hydrogen) atoms. The zero-order valence-corrected chi connectivity index (χ0v) is 10.6. The van der Waals surface area contributed by atoms with Crippen LogP contribution in [-0.4, -0.2) is 22.4 Å². The van der Waals surface area contributed by atoms with Gasteiger partial charge >= 0.3 is 0 Å². The summed E-state index contributed by atoms with van der Waals surface area (Å²) in [4.78, 5) is 0. The summed E-state index contributed by atoms with van der Waals surface area (Å²) in [6, 6.07) is 0. The van der Waals surface area contributed by atoms with Crippen LogP contribution in [-0.2, 0) is 0 Å². The lowest BCUT2D eigenvalue weighted by molar-refractivity contribution is -0.0155. The molecule has 0 saturated heterocycles. The zero-order chi connectivity index (χ0) is 11.7.